The third-order valence-corrected chi connectivity index (χ3v) is 5.77. The van der Waals surface area contributed by atoms with Crippen LogP contribution in [0.1, 0.15) is 18.9 Å². The highest BCUT2D eigenvalue weighted by molar-refractivity contribution is 6.09. The molecule has 2 aromatic carbocycles. The molecule has 31 heavy (non-hydrogen) atoms. The van der Waals surface area contributed by atoms with E-state index in [4.69, 9.17) is 0 Å². The Morgan fingerprint density at radius 3 is 2.48 bits per heavy atom. The number of piperazine rings is 1. The predicted molar refractivity (Wildman–Crippen MR) is 134 cm³/mol. The number of nitrogens with one attached hydrogen (secondary N) is 1. The van der Waals surface area contributed by atoms with Crippen molar-refractivity contribution in [1.29, 1.82) is 0 Å². The summed E-state index contributed by atoms with van der Waals surface area (Å²) in [6.07, 6.45) is 2.20. The van der Waals surface area contributed by atoms with Gasteiger partial charge < -0.3 is 14.4 Å². The zero-order chi connectivity index (χ0) is 20.2. The van der Waals surface area contributed by atoms with Gasteiger partial charge >= 0.3 is 0 Å². The Morgan fingerprint density at radius 2 is 1.74 bits per heavy atom. The van der Waals surface area contributed by atoms with Gasteiger partial charge in [-0.15, -0.1) is 24.8 Å². The lowest BCUT2D eigenvalue weighted by Gasteiger charge is -2.32. The van der Waals surface area contributed by atoms with Crippen molar-refractivity contribution < 1.29 is 4.79 Å². The fourth-order valence-electron chi connectivity index (χ4n) is 4.06. The number of halogens is 2. The molecule has 1 aliphatic heterocycles. The van der Waals surface area contributed by atoms with Gasteiger partial charge in [-0.1, -0.05) is 24.3 Å². The molecule has 0 atom stereocenters. The lowest BCUT2D eigenvalue weighted by molar-refractivity contribution is -0.121. The number of nitrogens with zero attached hydrogens (tertiary/aromatic N) is 4. The van der Waals surface area contributed by atoms with E-state index in [0.717, 1.165) is 44.8 Å². The van der Waals surface area contributed by atoms with Gasteiger partial charge in [-0.2, -0.15) is 5.10 Å². The molecule has 0 unspecified atom stereocenters. The number of aromatic nitrogens is 1. The van der Waals surface area contributed by atoms with Crippen LogP contribution in [-0.4, -0.2) is 66.3 Å². The van der Waals surface area contributed by atoms with Crippen molar-refractivity contribution in [2.45, 2.75) is 19.9 Å². The second-order valence-electron chi connectivity index (χ2n) is 7.73. The first kappa shape index (κ1) is 25.1. The van der Waals surface area contributed by atoms with Crippen LogP contribution >= 0.6 is 24.8 Å². The first-order valence-electron chi connectivity index (χ1n) is 10.4. The van der Waals surface area contributed by atoms with Gasteiger partial charge in [-0.3, -0.25) is 4.79 Å². The molecule has 0 spiro atoms. The summed E-state index contributed by atoms with van der Waals surface area (Å²) in [5.41, 5.74) is 6.12. The lowest BCUT2D eigenvalue weighted by Crippen LogP contribution is -2.45. The van der Waals surface area contributed by atoms with Crippen LogP contribution in [0.2, 0.25) is 0 Å². The lowest BCUT2D eigenvalue weighted by atomic mass is 10.1. The van der Waals surface area contributed by atoms with E-state index in [9.17, 15) is 4.79 Å². The van der Waals surface area contributed by atoms with E-state index in [-0.39, 0.29) is 30.7 Å². The maximum atomic E-state index is 12.1. The molecule has 168 valence electrons. The fourth-order valence-corrected chi connectivity index (χ4v) is 4.06. The van der Waals surface area contributed by atoms with Gasteiger partial charge in [0.05, 0.1) is 6.21 Å². The number of likely N-dealkylation sites (N-methyl/N-ethyl adjacent to an activating group) is 1. The first-order chi connectivity index (χ1) is 14.2. The number of benzene rings is 2. The summed E-state index contributed by atoms with van der Waals surface area (Å²) >= 11 is 0. The zero-order valence-electron chi connectivity index (χ0n) is 18.1. The number of rotatable bonds is 6. The average molecular weight is 464 g/mol. The summed E-state index contributed by atoms with van der Waals surface area (Å²) in [5, 5.41) is 6.63. The van der Waals surface area contributed by atoms with Crippen molar-refractivity contribution >= 4 is 58.7 Å². The van der Waals surface area contributed by atoms with E-state index in [2.05, 4.69) is 75.3 Å². The quantitative estimate of drug-likeness (QED) is 0.447. The van der Waals surface area contributed by atoms with Crippen molar-refractivity contribution in [3.63, 3.8) is 0 Å². The number of carbonyl (C=O) groups excluding carboxylic acids is 1. The van der Waals surface area contributed by atoms with Crippen molar-refractivity contribution in [3.05, 3.63) is 48.0 Å². The number of fused-ring (bicyclic) bond motifs is 3. The number of para-hydroxylation sites is 1. The summed E-state index contributed by atoms with van der Waals surface area (Å²) < 4.78 is 2.33. The van der Waals surface area contributed by atoms with Crippen LogP contribution in [0.15, 0.2) is 47.6 Å². The van der Waals surface area contributed by atoms with Gasteiger partial charge in [-0.05, 0) is 37.7 Å². The van der Waals surface area contributed by atoms with E-state index >= 15 is 0 Å². The molecule has 0 bridgehead atoms. The molecule has 8 heteroatoms. The molecule has 1 fully saturated rings. The van der Waals surface area contributed by atoms with E-state index < -0.39 is 0 Å². The second kappa shape index (κ2) is 11.5. The minimum atomic E-state index is -0.0381. The number of hydrazone groups is 1. The monoisotopic (exact) mass is 463 g/mol. The van der Waals surface area contributed by atoms with Crippen LogP contribution in [0.25, 0.3) is 21.8 Å². The van der Waals surface area contributed by atoms with Gasteiger partial charge in [0, 0.05) is 67.5 Å². The smallest absolute Gasteiger partial charge is 0.241 e. The second-order valence-corrected chi connectivity index (χ2v) is 7.73. The Balaban J connectivity index is 0.00000171. The van der Waals surface area contributed by atoms with Gasteiger partial charge in [0.2, 0.25) is 5.91 Å². The van der Waals surface area contributed by atoms with Crippen molar-refractivity contribution in [3.8, 4) is 0 Å². The number of carbonyl (C=O) groups is 1. The van der Waals surface area contributed by atoms with Crippen molar-refractivity contribution in [2.75, 3.05) is 39.8 Å². The molecule has 1 N–H and O–H groups in total. The predicted octanol–water partition coefficient (Wildman–Crippen LogP) is 3.75. The van der Waals surface area contributed by atoms with Crippen LogP contribution in [0, 0.1) is 0 Å². The Labute approximate surface area is 196 Å². The Morgan fingerprint density at radius 1 is 1.03 bits per heavy atom. The van der Waals surface area contributed by atoms with Crippen LogP contribution in [0.5, 0.6) is 0 Å². The van der Waals surface area contributed by atoms with E-state index in [1.54, 1.807) is 6.21 Å². The van der Waals surface area contributed by atoms with E-state index in [1.807, 2.05) is 6.07 Å². The van der Waals surface area contributed by atoms with Gasteiger partial charge in [0.25, 0.3) is 0 Å². The standard InChI is InChI=1S/C23H29N5O.2ClH/c1-3-28-21-7-5-4-6-19(21)20-16-18(8-9-22(20)28)17-24-25-23(29)10-11-27-14-12-26(2)13-15-27;;/h4-9,16-17H,3,10-15H2,1-2H3,(H,25,29);2*1H/b24-17+;;. The molecule has 0 saturated carbocycles. The summed E-state index contributed by atoms with van der Waals surface area (Å²) in [6.45, 7) is 8.07. The van der Waals surface area contributed by atoms with Crippen molar-refractivity contribution in [1.82, 2.24) is 19.8 Å². The number of aryl methyl sites for hydroxylation is 1. The summed E-state index contributed by atoms with van der Waals surface area (Å²) in [7, 11) is 2.14. The molecule has 0 aliphatic carbocycles. The Hall–Kier alpha value is -2.12. The number of amides is 1. The third-order valence-electron chi connectivity index (χ3n) is 5.77. The van der Waals surface area contributed by atoms with Gasteiger partial charge in [0.15, 0.2) is 0 Å². The topological polar surface area (TPSA) is 52.9 Å². The highest BCUT2D eigenvalue weighted by Crippen LogP contribution is 2.29. The highest BCUT2D eigenvalue weighted by Gasteiger charge is 2.14. The van der Waals surface area contributed by atoms with Crippen LogP contribution in [-0.2, 0) is 11.3 Å². The van der Waals surface area contributed by atoms with E-state index in [1.165, 1.54) is 21.8 Å². The largest absolute Gasteiger partial charge is 0.341 e. The first-order valence-corrected chi connectivity index (χ1v) is 10.4. The fraction of sp³-hybridized carbons (Fsp3) is 0.391. The molecule has 1 aromatic heterocycles. The van der Waals surface area contributed by atoms with Crippen LogP contribution < -0.4 is 5.43 Å². The van der Waals surface area contributed by atoms with Crippen molar-refractivity contribution in [2.24, 2.45) is 5.10 Å². The molecular weight excluding hydrogens is 433 g/mol. The normalized spacial score (nSPS) is 15.2. The highest BCUT2D eigenvalue weighted by atomic mass is 35.5. The average Bonchev–Trinajstić information content (AvgIpc) is 3.06. The molecule has 1 amide bonds. The van der Waals surface area contributed by atoms with Crippen LogP contribution in [0.3, 0.4) is 0 Å². The van der Waals surface area contributed by atoms with Crippen LogP contribution in [0.4, 0.5) is 0 Å². The SMILES string of the molecule is CCn1c2ccccc2c2cc(/C=N/NC(=O)CCN3CCN(C)CC3)ccc21.Cl.Cl. The molecule has 1 saturated heterocycles. The minimum Gasteiger partial charge on any atom is -0.341 e. The molecule has 4 rings (SSSR count). The number of hydrogen-bond acceptors (Lipinski definition) is 4. The summed E-state index contributed by atoms with van der Waals surface area (Å²) in [4.78, 5) is 16.8. The van der Waals surface area contributed by atoms with Gasteiger partial charge in [0.1, 0.15) is 0 Å². The van der Waals surface area contributed by atoms with E-state index in [0.29, 0.717) is 6.42 Å². The molecule has 6 nitrogen and oxygen atoms in total. The molecule has 0 radical (unpaired) electrons. The molecular formula is C23H31Cl2N5O. The molecule has 1 aliphatic rings. The maximum Gasteiger partial charge on any atom is 0.241 e. The van der Waals surface area contributed by atoms with Gasteiger partial charge in [-0.25, -0.2) is 5.43 Å². The zero-order valence-corrected chi connectivity index (χ0v) is 19.7. The molecule has 3 aromatic rings. The summed E-state index contributed by atoms with van der Waals surface area (Å²) in [6, 6.07) is 14.8. The summed E-state index contributed by atoms with van der Waals surface area (Å²) in [5.74, 6) is -0.0381. The Kier molecular flexibility index (Phi) is 9.32. The molecule has 2 heterocycles. The Bertz CT molecular complexity index is 1040. The third kappa shape index (κ3) is 5.77. The maximum absolute atomic E-state index is 12.1. The minimum absolute atomic E-state index is 0. The number of hydrogen-bond donors (Lipinski definition) is 1.